The molecule has 0 aliphatic heterocycles. The van der Waals surface area contributed by atoms with Crippen LogP contribution in [0.5, 0.6) is 5.75 Å². The third kappa shape index (κ3) is 7.39. The van der Waals surface area contributed by atoms with Gasteiger partial charge in [0.2, 0.25) is 10.0 Å². The molecule has 0 spiro atoms. The van der Waals surface area contributed by atoms with Crippen molar-refractivity contribution in [2.75, 3.05) is 19.4 Å². The number of ether oxygens (including phenoxy) is 2. The molecule has 1 aromatic carbocycles. The summed E-state index contributed by atoms with van der Waals surface area (Å²) in [5, 5.41) is 0. The largest absolute Gasteiger partial charge is 0.433 e. The molecule has 1 aliphatic rings. The molecule has 0 saturated heterocycles. The number of aromatic nitrogens is 1. The van der Waals surface area contributed by atoms with Gasteiger partial charge >= 0.3 is 6.61 Å². The number of nitrogens with one attached hydrogen (secondary N) is 1. The van der Waals surface area contributed by atoms with Crippen LogP contribution in [0.1, 0.15) is 43.2 Å². The summed E-state index contributed by atoms with van der Waals surface area (Å²) < 4.78 is 62.3. The second-order valence-electron chi connectivity index (χ2n) is 7.98. The summed E-state index contributed by atoms with van der Waals surface area (Å²) in [7, 11) is -3.52. The van der Waals surface area contributed by atoms with Crippen molar-refractivity contribution in [3.63, 3.8) is 0 Å². The van der Waals surface area contributed by atoms with E-state index in [0.717, 1.165) is 50.3 Å². The number of hydrogen-bond donors (Lipinski definition) is 1. The molecule has 1 aromatic heterocycles. The molecule has 3 rings (SSSR count). The summed E-state index contributed by atoms with van der Waals surface area (Å²) in [6.07, 6.45) is 5.77. The highest BCUT2D eigenvalue weighted by atomic mass is 32.2. The predicted molar refractivity (Wildman–Crippen MR) is 117 cm³/mol. The van der Waals surface area contributed by atoms with Crippen molar-refractivity contribution in [1.82, 2.24) is 9.29 Å². The first-order valence-corrected chi connectivity index (χ1v) is 12.4. The molecule has 10 heteroatoms. The molecule has 0 bridgehead atoms. The van der Waals surface area contributed by atoms with Crippen molar-refractivity contribution in [1.29, 1.82) is 0 Å². The number of sulfonamides is 1. The quantitative estimate of drug-likeness (QED) is 0.576. The lowest BCUT2D eigenvalue weighted by Gasteiger charge is -2.30. The van der Waals surface area contributed by atoms with Gasteiger partial charge in [0.05, 0.1) is 25.0 Å². The average Bonchev–Trinajstić information content (AvgIpc) is 2.75. The molecule has 1 fully saturated rings. The van der Waals surface area contributed by atoms with Gasteiger partial charge in [-0.2, -0.15) is 8.78 Å². The second kappa shape index (κ2) is 11.0. The molecule has 1 saturated carbocycles. The zero-order valence-corrected chi connectivity index (χ0v) is 18.6. The maximum atomic E-state index is 12.6. The Morgan fingerprint density at radius 1 is 1.09 bits per heavy atom. The van der Waals surface area contributed by atoms with E-state index in [2.05, 4.69) is 21.6 Å². The fraction of sp³-hybridized carbons (Fsp3) is 0.500. The number of halogens is 2. The molecule has 1 unspecified atom stereocenters. The Morgan fingerprint density at radius 2 is 1.78 bits per heavy atom. The highest BCUT2D eigenvalue weighted by Gasteiger charge is 2.25. The van der Waals surface area contributed by atoms with E-state index in [-0.39, 0.29) is 25.0 Å². The maximum Gasteiger partial charge on any atom is 0.387 e. The van der Waals surface area contributed by atoms with E-state index in [0.29, 0.717) is 5.92 Å². The van der Waals surface area contributed by atoms with Gasteiger partial charge in [0, 0.05) is 18.8 Å². The van der Waals surface area contributed by atoms with Gasteiger partial charge in [0.15, 0.2) is 0 Å². The molecule has 7 nitrogen and oxygen atoms in total. The van der Waals surface area contributed by atoms with Crippen molar-refractivity contribution < 1.29 is 26.7 Å². The summed E-state index contributed by atoms with van der Waals surface area (Å²) in [5.74, 6) is 0.289. The standard InChI is InChI=1S/C22H28F2N2O5S/c1-32(28,29)25-13-18(26-14-20(31-22(23)24)11-12-21(26)27)15-30-19-9-7-17(8-10-19)16-5-3-2-4-6-16/h2-6,11-12,14,17-19,22,25H,7-10,13,15H2,1H3/t17-,18?,19+. The van der Waals surface area contributed by atoms with E-state index in [4.69, 9.17) is 4.74 Å². The normalized spacial score (nSPS) is 20.2. The molecule has 1 atom stereocenters. The second-order valence-corrected chi connectivity index (χ2v) is 9.81. The van der Waals surface area contributed by atoms with Gasteiger partial charge < -0.3 is 14.0 Å². The minimum atomic E-state index is -3.52. The Labute approximate surface area is 186 Å². The van der Waals surface area contributed by atoms with E-state index < -0.39 is 28.2 Å². The van der Waals surface area contributed by atoms with Gasteiger partial charge in [-0.25, -0.2) is 13.1 Å². The predicted octanol–water partition coefficient (Wildman–Crippen LogP) is 3.28. The minimum absolute atomic E-state index is 0.0214. The number of benzene rings is 1. The maximum absolute atomic E-state index is 12.6. The highest BCUT2D eigenvalue weighted by molar-refractivity contribution is 7.88. The van der Waals surface area contributed by atoms with Crippen LogP contribution in [0.25, 0.3) is 0 Å². The number of rotatable bonds is 10. The summed E-state index contributed by atoms with van der Waals surface area (Å²) in [5.41, 5.74) is 0.840. The van der Waals surface area contributed by atoms with E-state index in [1.165, 1.54) is 10.1 Å². The van der Waals surface area contributed by atoms with E-state index in [1.54, 1.807) is 0 Å². The Bertz CT molecular complexity index is 1020. The molecule has 1 aliphatic carbocycles. The first-order valence-electron chi connectivity index (χ1n) is 10.5. The third-order valence-corrected chi connectivity index (χ3v) is 6.27. The van der Waals surface area contributed by atoms with Gasteiger partial charge in [-0.05, 0) is 43.2 Å². The molecule has 176 valence electrons. The van der Waals surface area contributed by atoms with Crippen LogP contribution >= 0.6 is 0 Å². The zero-order chi connectivity index (χ0) is 23.1. The number of nitrogens with zero attached hydrogens (tertiary/aromatic N) is 1. The lowest BCUT2D eigenvalue weighted by molar-refractivity contribution is -0.0505. The average molecular weight is 471 g/mol. The van der Waals surface area contributed by atoms with Crippen LogP contribution in [-0.2, 0) is 14.8 Å². The van der Waals surface area contributed by atoms with Gasteiger partial charge in [0.1, 0.15) is 5.75 Å². The summed E-state index contributed by atoms with van der Waals surface area (Å²) >= 11 is 0. The summed E-state index contributed by atoms with van der Waals surface area (Å²) in [6, 6.07) is 11.8. The van der Waals surface area contributed by atoms with Crippen LogP contribution in [0.3, 0.4) is 0 Å². The van der Waals surface area contributed by atoms with Crippen LogP contribution in [0.4, 0.5) is 8.78 Å². The smallest absolute Gasteiger partial charge is 0.387 e. The van der Waals surface area contributed by atoms with Crippen molar-refractivity contribution in [3.8, 4) is 5.75 Å². The van der Waals surface area contributed by atoms with Crippen molar-refractivity contribution in [2.24, 2.45) is 0 Å². The Hall–Kier alpha value is -2.30. The first-order chi connectivity index (χ1) is 15.2. The van der Waals surface area contributed by atoms with Crippen LogP contribution < -0.4 is 15.0 Å². The molecule has 0 radical (unpaired) electrons. The fourth-order valence-electron chi connectivity index (χ4n) is 3.96. The van der Waals surface area contributed by atoms with Gasteiger partial charge in [-0.1, -0.05) is 30.3 Å². The highest BCUT2D eigenvalue weighted by Crippen LogP contribution is 2.34. The van der Waals surface area contributed by atoms with E-state index in [1.807, 2.05) is 18.2 Å². The van der Waals surface area contributed by atoms with Crippen LogP contribution in [0.15, 0.2) is 53.5 Å². The number of alkyl halides is 2. The number of pyridine rings is 1. The third-order valence-electron chi connectivity index (χ3n) is 5.58. The van der Waals surface area contributed by atoms with Crippen molar-refractivity contribution >= 4 is 10.0 Å². The van der Waals surface area contributed by atoms with Gasteiger partial charge in [-0.3, -0.25) is 4.79 Å². The fourth-order valence-corrected chi connectivity index (χ4v) is 4.46. The molecule has 2 aromatic rings. The monoisotopic (exact) mass is 470 g/mol. The Balaban J connectivity index is 1.66. The van der Waals surface area contributed by atoms with Crippen LogP contribution in [0.2, 0.25) is 0 Å². The van der Waals surface area contributed by atoms with E-state index >= 15 is 0 Å². The zero-order valence-electron chi connectivity index (χ0n) is 17.8. The van der Waals surface area contributed by atoms with Crippen molar-refractivity contribution in [2.45, 2.75) is 50.4 Å². The first kappa shape index (κ1) is 24.3. The molecular formula is C22H28F2N2O5S. The lowest BCUT2D eigenvalue weighted by Crippen LogP contribution is -2.37. The van der Waals surface area contributed by atoms with Crippen molar-refractivity contribution in [3.05, 3.63) is 64.6 Å². The molecule has 0 amide bonds. The topological polar surface area (TPSA) is 86.6 Å². The van der Waals surface area contributed by atoms with Gasteiger partial charge in [0.25, 0.3) is 5.56 Å². The molecular weight excluding hydrogens is 442 g/mol. The lowest BCUT2D eigenvalue weighted by atomic mass is 9.83. The van der Waals surface area contributed by atoms with Crippen LogP contribution in [-0.4, -0.2) is 45.1 Å². The Kier molecular flexibility index (Phi) is 8.38. The summed E-state index contributed by atoms with van der Waals surface area (Å²) in [6.45, 7) is -3.10. The molecule has 32 heavy (non-hydrogen) atoms. The van der Waals surface area contributed by atoms with Gasteiger partial charge in [-0.15, -0.1) is 0 Å². The van der Waals surface area contributed by atoms with Crippen LogP contribution in [0, 0.1) is 0 Å². The SMILES string of the molecule is CS(=O)(=O)NCC(CO[C@H]1CC[C@@H](c2ccccc2)CC1)n1cc(OC(F)F)ccc1=O. The Morgan fingerprint density at radius 3 is 2.41 bits per heavy atom. The minimum Gasteiger partial charge on any atom is -0.433 e. The molecule has 1 N–H and O–H groups in total. The molecule has 1 heterocycles. The number of hydrogen-bond acceptors (Lipinski definition) is 5. The van der Waals surface area contributed by atoms with E-state index in [9.17, 15) is 22.0 Å². The summed E-state index contributed by atoms with van der Waals surface area (Å²) in [4.78, 5) is 12.4.